The quantitative estimate of drug-likeness (QED) is 0.684. The molecule has 3 aromatic rings. The van der Waals surface area contributed by atoms with E-state index >= 15 is 0 Å². The molecule has 1 aromatic heterocycles. The number of amides is 1. The highest BCUT2D eigenvalue weighted by molar-refractivity contribution is 6.03. The van der Waals surface area contributed by atoms with Crippen molar-refractivity contribution in [1.29, 1.82) is 0 Å². The van der Waals surface area contributed by atoms with Gasteiger partial charge in [-0.05, 0) is 55.5 Å². The summed E-state index contributed by atoms with van der Waals surface area (Å²) in [6.07, 6.45) is 2.77. The molecule has 2 N–H and O–H groups in total. The number of rotatable bonds is 5. The van der Waals surface area contributed by atoms with Crippen molar-refractivity contribution in [2.24, 2.45) is 0 Å². The summed E-state index contributed by atoms with van der Waals surface area (Å²) in [5, 5.41) is 5.62. The van der Waals surface area contributed by atoms with E-state index in [0.717, 1.165) is 5.69 Å². The molecule has 0 aliphatic carbocycles. The number of carbonyl (C=O) groups excluding carboxylic acids is 2. The molecule has 1 heterocycles. The molecule has 0 atom stereocenters. The number of nitrogens with one attached hydrogen (secondary N) is 2. The molecule has 0 aliphatic heterocycles. The molecule has 130 valence electrons. The van der Waals surface area contributed by atoms with E-state index in [2.05, 4.69) is 20.6 Å². The summed E-state index contributed by atoms with van der Waals surface area (Å²) in [6.45, 7) is 1.50. The van der Waals surface area contributed by atoms with Crippen molar-refractivity contribution in [2.45, 2.75) is 6.92 Å². The van der Waals surface area contributed by atoms with Crippen LogP contribution in [0.15, 0.2) is 60.9 Å². The van der Waals surface area contributed by atoms with Crippen LogP contribution in [0.4, 0.5) is 21.7 Å². The van der Waals surface area contributed by atoms with Crippen LogP contribution in [-0.4, -0.2) is 21.7 Å². The van der Waals surface area contributed by atoms with Crippen LogP contribution in [0, 0.1) is 5.82 Å². The molecule has 0 aliphatic rings. The van der Waals surface area contributed by atoms with Gasteiger partial charge in [0, 0.05) is 29.3 Å². The number of anilines is 3. The standard InChI is InChI=1S/C19H15FN4O2/c1-12(25)13-2-6-17(7-3-13)24-19-21-10-14(11-22-19)18(26)23-16-8-4-15(20)5-9-16/h2-11H,1H3,(H,23,26)(H,21,22,24). The minimum atomic E-state index is -0.394. The number of ketones is 1. The van der Waals surface area contributed by atoms with E-state index in [-0.39, 0.29) is 17.2 Å². The Morgan fingerprint density at radius 2 is 1.42 bits per heavy atom. The molecule has 0 spiro atoms. The van der Waals surface area contributed by atoms with Gasteiger partial charge < -0.3 is 10.6 Å². The third-order valence-electron chi connectivity index (χ3n) is 3.56. The largest absolute Gasteiger partial charge is 0.324 e. The second-order valence-electron chi connectivity index (χ2n) is 5.51. The highest BCUT2D eigenvalue weighted by Gasteiger charge is 2.08. The van der Waals surface area contributed by atoms with Crippen LogP contribution in [-0.2, 0) is 0 Å². The lowest BCUT2D eigenvalue weighted by Gasteiger charge is -2.07. The van der Waals surface area contributed by atoms with Crippen LogP contribution in [0.25, 0.3) is 0 Å². The molecule has 26 heavy (non-hydrogen) atoms. The Bertz CT molecular complexity index is 923. The average molecular weight is 350 g/mol. The molecular formula is C19H15FN4O2. The third kappa shape index (κ3) is 4.27. The molecule has 6 nitrogen and oxygen atoms in total. The topological polar surface area (TPSA) is 84.0 Å². The highest BCUT2D eigenvalue weighted by atomic mass is 19.1. The first-order valence-electron chi connectivity index (χ1n) is 7.78. The van der Waals surface area contributed by atoms with Crippen molar-refractivity contribution in [3.8, 4) is 0 Å². The first-order valence-corrected chi connectivity index (χ1v) is 7.78. The monoisotopic (exact) mass is 350 g/mol. The van der Waals surface area contributed by atoms with Gasteiger partial charge in [-0.25, -0.2) is 14.4 Å². The summed E-state index contributed by atoms with van der Waals surface area (Å²) < 4.78 is 12.9. The zero-order chi connectivity index (χ0) is 18.5. The van der Waals surface area contributed by atoms with Gasteiger partial charge in [-0.1, -0.05) is 0 Å². The number of benzene rings is 2. The van der Waals surface area contributed by atoms with E-state index in [1.165, 1.54) is 43.6 Å². The fourth-order valence-electron chi connectivity index (χ4n) is 2.16. The number of hydrogen-bond donors (Lipinski definition) is 2. The maximum atomic E-state index is 12.9. The van der Waals surface area contributed by atoms with Gasteiger partial charge in [0.05, 0.1) is 5.56 Å². The molecule has 7 heteroatoms. The molecule has 0 saturated heterocycles. The predicted molar refractivity (Wildman–Crippen MR) is 96.1 cm³/mol. The Hall–Kier alpha value is -3.61. The minimum absolute atomic E-state index is 0.00989. The summed E-state index contributed by atoms with van der Waals surface area (Å²) in [6, 6.07) is 12.4. The maximum absolute atomic E-state index is 12.9. The smallest absolute Gasteiger partial charge is 0.258 e. The van der Waals surface area contributed by atoms with E-state index in [1.54, 1.807) is 24.3 Å². The Morgan fingerprint density at radius 1 is 0.846 bits per heavy atom. The maximum Gasteiger partial charge on any atom is 0.258 e. The second-order valence-corrected chi connectivity index (χ2v) is 5.51. The molecule has 0 unspecified atom stereocenters. The lowest BCUT2D eigenvalue weighted by molar-refractivity contribution is 0.101. The van der Waals surface area contributed by atoms with Gasteiger partial charge in [0.25, 0.3) is 5.91 Å². The number of halogens is 1. The number of nitrogens with zero attached hydrogens (tertiary/aromatic N) is 2. The first-order chi connectivity index (χ1) is 12.5. The van der Waals surface area contributed by atoms with Crippen LogP contribution in [0.2, 0.25) is 0 Å². The Morgan fingerprint density at radius 3 is 2.00 bits per heavy atom. The van der Waals surface area contributed by atoms with Crippen LogP contribution in [0.3, 0.4) is 0 Å². The van der Waals surface area contributed by atoms with Gasteiger partial charge in [-0.3, -0.25) is 9.59 Å². The van der Waals surface area contributed by atoms with E-state index < -0.39 is 5.91 Å². The number of carbonyl (C=O) groups is 2. The van der Waals surface area contributed by atoms with Crippen molar-refractivity contribution in [3.05, 3.63) is 77.9 Å². The van der Waals surface area contributed by atoms with Crippen molar-refractivity contribution in [3.63, 3.8) is 0 Å². The van der Waals surface area contributed by atoms with E-state index in [1.807, 2.05) is 0 Å². The van der Waals surface area contributed by atoms with Gasteiger partial charge in [0.2, 0.25) is 5.95 Å². The lowest BCUT2D eigenvalue weighted by Crippen LogP contribution is -2.13. The highest BCUT2D eigenvalue weighted by Crippen LogP contribution is 2.15. The molecule has 3 rings (SSSR count). The molecule has 2 aromatic carbocycles. The number of aromatic nitrogens is 2. The lowest BCUT2D eigenvalue weighted by atomic mass is 10.1. The van der Waals surface area contributed by atoms with Crippen LogP contribution in [0.1, 0.15) is 27.6 Å². The molecule has 0 saturated carbocycles. The van der Waals surface area contributed by atoms with Gasteiger partial charge >= 0.3 is 0 Å². The Labute approximate surface area is 149 Å². The summed E-state index contributed by atoms with van der Waals surface area (Å²) in [7, 11) is 0. The van der Waals surface area contributed by atoms with Crippen molar-refractivity contribution in [1.82, 2.24) is 9.97 Å². The normalized spacial score (nSPS) is 10.2. The van der Waals surface area contributed by atoms with Gasteiger partial charge in [0.15, 0.2) is 5.78 Å². The van der Waals surface area contributed by atoms with Crippen molar-refractivity contribution < 1.29 is 14.0 Å². The summed E-state index contributed by atoms with van der Waals surface area (Å²) in [5.74, 6) is -0.463. The van der Waals surface area contributed by atoms with Crippen LogP contribution in [0.5, 0.6) is 0 Å². The molecule has 0 radical (unpaired) electrons. The zero-order valence-electron chi connectivity index (χ0n) is 13.9. The SMILES string of the molecule is CC(=O)c1ccc(Nc2ncc(C(=O)Nc3ccc(F)cc3)cn2)cc1. The Balaban J connectivity index is 1.64. The fourth-order valence-corrected chi connectivity index (χ4v) is 2.16. The summed E-state index contributed by atoms with van der Waals surface area (Å²) >= 11 is 0. The first kappa shape index (κ1) is 17.2. The van der Waals surface area contributed by atoms with E-state index in [4.69, 9.17) is 0 Å². The molecular weight excluding hydrogens is 335 g/mol. The van der Waals surface area contributed by atoms with E-state index in [9.17, 15) is 14.0 Å². The van der Waals surface area contributed by atoms with Crippen molar-refractivity contribution >= 4 is 29.0 Å². The number of Topliss-reactive ketones (excluding diaryl/α,β-unsaturated/α-hetero) is 1. The van der Waals surface area contributed by atoms with Gasteiger partial charge in [0.1, 0.15) is 5.82 Å². The fraction of sp³-hybridized carbons (Fsp3) is 0.0526. The summed E-state index contributed by atoms with van der Waals surface area (Å²) in [5.41, 5.74) is 2.08. The predicted octanol–water partition coefficient (Wildman–Crippen LogP) is 3.81. The van der Waals surface area contributed by atoms with Crippen molar-refractivity contribution in [2.75, 3.05) is 10.6 Å². The van der Waals surface area contributed by atoms with Crippen LogP contribution >= 0.6 is 0 Å². The third-order valence-corrected chi connectivity index (χ3v) is 3.56. The molecule has 0 fully saturated rings. The number of hydrogen-bond acceptors (Lipinski definition) is 5. The molecule has 0 bridgehead atoms. The summed E-state index contributed by atoms with van der Waals surface area (Å²) in [4.78, 5) is 31.6. The van der Waals surface area contributed by atoms with Gasteiger partial charge in [-0.15, -0.1) is 0 Å². The Kier molecular flexibility index (Phi) is 4.98. The minimum Gasteiger partial charge on any atom is -0.324 e. The van der Waals surface area contributed by atoms with E-state index in [0.29, 0.717) is 17.2 Å². The van der Waals surface area contributed by atoms with Gasteiger partial charge in [-0.2, -0.15) is 0 Å². The average Bonchev–Trinajstić information content (AvgIpc) is 2.64. The second kappa shape index (κ2) is 7.52. The zero-order valence-corrected chi connectivity index (χ0v) is 13.9. The van der Waals surface area contributed by atoms with Crippen LogP contribution < -0.4 is 10.6 Å². The molecule has 1 amide bonds.